The fraction of sp³-hybridized carbons (Fsp3) is 0.263. The lowest BCUT2D eigenvalue weighted by atomic mass is 10.0. The number of sulfonamides is 1. The standard InChI is InChI=1S/C19H17F2N3O3S/c1-19(2)15(10-3-6-12(7-4-10)28(22,25)26)16(19)18-24-23-17(27-18)13-8-5-11(20)9-14(13)21/h3-9,15-16H,1-2H3,(H2,22,25,26)/t15-,16+/m0/s1. The fourth-order valence-electron chi connectivity index (χ4n) is 3.72. The van der Waals surface area contributed by atoms with Crippen molar-refractivity contribution in [2.24, 2.45) is 10.6 Å². The Balaban J connectivity index is 1.63. The SMILES string of the molecule is CC1(C)[C@@H](c2ccc(S(N)(=O)=O)cc2)[C@@H]1c1nnc(-c2ccc(F)cc2F)o1. The second-order valence-electron chi connectivity index (χ2n) is 7.46. The molecule has 6 nitrogen and oxygen atoms in total. The largest absolute Gasteiger partial charge is 0.420 e. The number of rotatable bonds is 4. The molecule has 9 heteroatoms. The second kappa shape index (κ2) is 6.18. The number of nitrogens with two attached hydrogens (primary N) is 1. The lowest BCUT2D eigenvalue weighted by Crippen LogP contribution is -2.11. The van der Waals surface area contributed by atoms with Crippen LogP contribution in [0.3, 0.4) is 0 Å². The highest BCUT2D eigenvalue weighted by molar-refractivity contribution is 7.89. The number of aromatic nitrogens is 2. The van der Waals surface area contributed by atoms with Gasteiger partial charge in [0.1, 0.15) is 11.6 Å². The molecule has 0 spiro atoms. The Morgan fingerprint density at radius 3 is 2.32 bits per heavy atom. The van der Waals surface area contributed by atoms with Gasteiger partial charge in [-0.2, -0.15) is 0 Å². The van der Waals surface area contributed by atoms with Gasteiger partial charge in [0.05, 0.1) is 16.4 Å². The van der Waals surface area contributed by atoms with E-state index in [1.165, 1.54) is 18.2 Å². The Morgan fingerprint density at radius 2 is 1.71 bits per heavy atom. The van der Waals surface area contributed by atoms with Gasteiger partial charge >= 0.3 is 0 Å². The molecular formula is C19H17F2N3O3S. The van der Waals surface area contributed by atoms with Gasteiger partial charge < -0.3 is 4.42 Å². The normalized spacial score (nSPS) is 20.9. The van der Waals surface area contributed by atoms with Gasteiger partial charge in [-0.15, -0.1) is 10.2 Å². The molecule has 0 amide bonds. The summed E-state index contributed by atoms with van der Waals surface area (Å²) in [5, 5.41) is 13.1. The van der Waals surface area contributed by atoms with Crippen LogP contribution in [-0.4, -0.2) is 18.6 Å². The van der Waals surface area contributed by atoms with Crippen LogP contribution in [-0.2, 0) is 10.0 Å². The molecule has 1 aromatic heterocycles. The second-order valence-corrected chi connectivity index (χ2v) is 9.02. The molecule has 3 aromatic rings. The molecule has 1 fully saturated rings. The minimum absolute atomic E-state index is 0.0153. The predicted molar refractivity (Wildman–Crippen MR) is 96.7 cm³/mol. The summed E-state index contributed by atoms with van der Waals surface area (Å²) >= 11 is 0. The van der Waals surface area contributed by atoms with E-state index in [9.17, 15) is 17.2 Å². The summed E-state index contributed by atoms with van der Waals surface area (Å²) in [6, 6.07) is 9.48. The number of benzene rings is 2. The van der Waals surface area contributed by atoms with Crippen LogP contribution in [0.2, 0.25) is 0 Å². The summed E-state index contributed by atoms with van der Waals surface area (Å²) < 4.78 is 55.6. The predicted octanol–water partition coefficient (Wildman–Crippen LogP) is 3.57. The zero-order valence-corrected chi connectivity index (χ0v) is 15.9. The fourth-order valence-corrected chi connectivity index (χ4v) is 4.23. The van der Waals surface area contributed by atoms with Crippen molar-refractivity contribution in [3.63, 3.8) is 0 Å². The van der Waals surface area contributed by atoms with E-state index in [4.69, 9.17) is 9.56 Å². The Morgan fingerprint density at radius 1 is 1.04 bits per heavy atom. The monoisotopic (exact) mass is 405 g/mol. The zero-order valence-electron chi connectivity index (χ0n) is 15.1. The van der Waals surface area contributed by atoms with Gasteiger partial charge in [0.25, 0.3) is 5.89 Å². The summed E-state index contributed by atoms with van der Waals surface area (Å²) in [4.78, 5) is 0.0399. The number of primary sulfonamides is 1. The van der Waals surface area contributed by atoms with E-state index in [-0.39, 0.29) is 33.6 Å². The highest BCUT2D eigenvalue weighted by Gasteiger charge is 2.61. The van der Waals surface area contributed by atoms with Crippen molar-refractivity contribution < 1.29 is 21.6 Å². The van der Waals surface area contributed by atoms with Crippen molar-refractivity contribution in [2.45, 2.75) is 30.6 Å². The van der Waals surface area contributed by atoms with Gasteiger partial charge in [-0.25, -0.2) is 22.3 Å². The lowest BCUT2D eigenvalue weighted by Gasteiger charge is -2.04. The third-order valence-electron chi connectivity index (χ3n) is 5.26. The molecular weight excluding hydrogens is 388 g/mol. The van der Waals surface area contributed by atoms with Crippen LogP contribution in [0.4, 0.5) is 8.78 Å². The van der Waals surface area contributed by atoms with Gasteiger partial charge in [0.15, 0.2) is 0 Å². The maximum atomic E-state index is 14.0. The van der Waals surface area contributed by atoms with E-state index < -0.39 is 21.7 Å². The van der Waals surface area contributed by atoms with E-state index >= 15 is 0 Å². The first-order chi connectivity index (χ1) is 13.1. The molecule has 0 unspecified atom stereocenters. The molecule has 2 N–H and O–H groups in total. The summed E-state index contributed by atoms with van der Waals surface area (Å²) in [5.41, 5.74) is 0.733. The molecule has 1 saturated carbocycles. The van der Waals surface area contributed by atoms with Crippen molar-refractivity contribution in [3.05, 3.63) is 65.6 Å². The van der Waals surface area contributed by atoms with Crippen LogP contribution < -0.4 is 5.14 Å². The van der Waals surface area contributed by atoms with Gasteiger partial charge in [-0.05, 0) is 35.2 Å². The quantitative estimate of drug-likeness (QED) is 0.715. The van der Waals surface area contributed by atoms with E-state index in [1.807, 2.05) is 13.8 Å². The molecule has 2 aromatic carbocycles. The van der Waals surface area contributed by atoms with E-state index in [0.717, 1.165) is 17.7 Å². The minimum atomic E-state index is -3.76. The topological polar surface area (TPSA) is 99.1 Å². The summed E-state index contributed by atoms with van der Waals surface area (Å²) in [6.07, 6.45) is 0. The Hall–Kier alpha value is -2.65. The molecule has 1 heterocycles. The van der Waals surface area contributed by atoms with Gasteiger partial charge in [0.2, 0.25) is 15.9 Å². The van der Waals surface area contributed by atoms with Crippen molar-refractivity contribution in [3.8, 4) is 11.5 Å². The molecule has 146 valence electrons. The Bertz CT molecular complexity index is 1160. The first-order valence-corrected chi connectivity index (χ1v) is 10.1. The van der Waals surface area contributed by atoms with Crippen LogP contribution >= 0.6 is 0 Å². The third-order valence-corrected chi connectivity index (χ3v) is 6.19. The number of hydrogen-bond donors (Lipinski definition) is 1. The Labute approximate surface area is 160 Å². The molecule has 4 rings (SSSR count). The molecule has 28 heavy (non-hydrogen) atoms. The maximum absolute atomic E-state index is 14.0. The Kier molecular flexibility index (Phi) is 4.13. The van der Waals surface area contributed by atoms with Gasteiger partial charge in [-0.1, -0.05) is 26.0 Å². The molecule has 1 aliphatic carbocycles. The molecule has 1 aliphatic rings. The van der Waals surface area contributed by atoms with Gasteiger partial charge in [-0.3, -0.25) is 0 Å². The number of hydrogen-bond acceptors (Lipinski definition) is 5. The lowest BCUT2D eigenvalue weighted by molar-refractivity contribution is 0.473. The van der Waals surface area contributed by atoms with Crippen molar-refractivity contribution in [2.75, 3.05) is 0 Å². The molecule has 2 atom stereocenters. The molecule has 0 aliphatic heterocycles. The molecule has 0 radical (unpaired) electrons. The highest BCUT2D eigenvalue weighted by atomic mass is 32.2. The number of nitrogens with zero attached hydrogens (tertiary/aromatic N) is 2. The van der Waals surface area contributed by atoms with Crippen molar-refractivity contribution >= 4 is 10.0 Å². The van der Waals surface area contributed by atoms with E-state index in [0.29, 0.717) is 5.89 Å². The van der Waals surface area contributed by atoms with Crippen LogP contribution in [0.5, 0.6) is 0 Å². The smallest absolute Gasteiger partial charge is 0.250 e. The van der Waals surface area contributed by atoms with Gasteiger partial charge in [0, 0.05) is 12.0 Å². The summed E-state index contributed by atoms with van der Waals surface area (Å²) in [7, 11) is -3.76. The third kappa shape index (κ3) is 3.10. The molecule has 0 saturated heterocycles. The average Bonchev–Trinajstić information content (AvgIpc) is 2.95. The summed E-state index contributed by atoms with van der Waals surface area (Å²) in [5.74, 6) is -1.22. The average molecular weight is 405 g/mol. The first kappa shape index (κ1) is 18.7. The van der Waals surface area contributed by atoms with E-state index in [2.05, 4.69) is 10.2 Å². The van der Waals surface area contributed by atoms with Crippen LogP contribution in [0.1, 0.15) is 37.1 Å². The maximum Gasteiger partial charge on any atom is 0.250 e. The first-order valence-electron chi connectivity index (χ1n) is 8.50. The van der Waals surface area contributed by atoms with Crippen molar-refractivity contribution in [1.82, 2.24) is 10.2 Å². The van der Waals surface area contributed by atoms with Crippen LogP contribution in [0, 0.1) is 17.0 Å². The molecule has 0 bridgehead atoms. The van der Waals surface area contributed by atoms with Crippen molar-refractivity contribution in [1.29, 1.82) is 0 Å². The number of halogens is 2. The zero-order chi connectivity index (χ0) is 20.3. The highest BCUT2D eigenvalue weighted by Crippen LogP contribution is 2.69. The van der Waals surface area contributed by atoms with Crippen LogP contribution in [0.25, 0.3) is 11.5 Å². The summed E-state index contributed by atoms with van der Waals surface area (Å²) in [6.45, 7) is 4.05. The van der Waals surface area contributed by atoms with Crippen LogP contribution in [0.15, 0.2) is 51.8 Å². The van der Waals surface area contributed by atoms with E-state index in [1.54, 1.807) is 12.1 Å². The minimum Gasteiger partial charge on any atom is -0.420 e.